The molecular weight excluding hydrogens is 396 g/mol. The fourth-order valence-corrected chi connectivity index (χ4v) is 3.49. The lowest BCUT2D eigenvalue weighted by atomic mass is 10.0. The molecule has 3 heterocycles. The predicted molar refractivity (Wildman–Crippen MR) is 116 cm³/mol. The Labute approximate surface area is 177 Å². The minimum Gasteiger partial charge on any atom is -0.340 e. The first-order chi connectivity index (χ1) is 15.1. The molecule has 0 aliphatic carbocycles. The number of nitrogens with zero attached hydrogens (tertiary/aromatic N) is 4. The lowest BCUT2D eigenvalue weighted by molar-refractivity contribution is 0.509. The number of rotatable bonds is 4. The molecule has 0 bridgehead atoms. The summed E-state index contributed by atoms with van der Waals surface area (Å²) < 4.78 is 28.4. The molecular formula is C24H17F2N5. The number of pyridine rings is 1. The Morgan fingerprint density at radius 3 is 2.45 bits per heavy atom. The van der Waals surface area contributed by atoms with Crippen LogP contribution in [0.3, 0.4) is 0 Å². The molecule has 152 valence electrons. The highest BCUT2D eigenvalue weighted by atomic mass is 19.2. The Bertz CT molecular complexity index is 1400. The summed E-state index contributed by atoms with van der Waals surface area (Å²) >= 11 is 0. The number of anilines is 2. The van der Waals surface area contributed by atoms with E-state index in [1.807, 2.05) is 61.5 Å². The third-order valence-electron chi connectivity index (χ3n) is 4.93. The molecule has 0 spiro atoms. The van der Waals surface area contributed by atoms with Gasteiger partial charge in [-0.3, -0.25) is 0 Å². The zero-order valence-electron chi connectivity index (χ0n) is 16.6. The van der Waals surface area contributed by atoms with Crippen LogP contribution in [0.15, 0.2) is 79.0 Å². The van der Waals surface area contributed by atoms with Crippen LogP contribution in [0.2, 0.25) is 0 Å². The molecule has 5 nitrogen and oxygen atoms in total. The van der Waals surface area contributed by atoms with Crippen LogP contribution in [0, 0.1) is 18.6 Å². The molecule has 0 saturated heterocycles. The molecule has 7 heteroatoms. The number of benzene rings is 2. The molecule has 0 atom stereocenters. The summed E-state index contributed by atoms with van der Waals surface area (Å²) in [5, 5.41) is 12.3. The maximum atomic E-state index is 13.6. The summed E-state index contributed by atoms with van der Waals surface area (Å²) in [5.41, 5.74) is 5.67. The van der Waals surface area contributed by atoms with E-state index < -0.39 is 11.6 Å². The average molecular weight is 413 g/mol. The number of nitrogens with one attached hydrogen (secondary N) is 1. The van der Waals surface area contributed by atoms with Crippen molar-refractivity contribution in [2.24, 2.45) is 0 Å². The van der Waals surface area contributed by atoms with Gasteiger partial charge in [0.2, 0.25) is 0 Å². The second kappa shape index (κ2) is 7.60. The number of hydrogen-bond acceptors (Lipinski definition) is 4. The van der Waals surface area contributed by atoms with Gasteiger partial charge in [0, 0.05) is 29.1 Å². The summed E-state index contributed by atoms with van der Waals surface area (Å²) in [6, 6.07) is 21.2. The van der Waals surface area contributed by atoms with E-state index in [-0.39, 0.29) is 0 Å². The van der Waals surface area contributed by atoms with E-state index in [1.165, 1.54) is 6.07 Å². The Morgan fingerprint density at radius 2 is 1.65 bits per heavy atom. The summed E-state index contributed by atoms with van der Waals surface area (Å²) in [6.07, 6.45) is 1.66. The van der Waals surface area contributed by atoms with Gasteiger partial charge in [0.15, 0.2) is 11.6 Å². The first-order valence-corrected chi connectivity index (χ1v) is 9.69. The van der Waals surface area contributed by atoms with Gasteiger partial charge in [-0.1, -0.05) is 30.3 Å². The number of hydrogen-bond donors (Lipinski definition) is 1. The number of aromatic nitrogens is 4. The van der Waals surface area contributed by atoms with Crippen molar-refractivity contribution in [3.63, 3.8) is 0 Å². The minimum atomic E-state index is -0.920. The SMILES string of the molecule is Cc1ccc2c(-c3ccnc(Nc4ccc(F)c(F)c4)c3)c(-c3ccccc3)nn2n1. The highest BCUT2D eigenvalue weighted by molar-refractivity contribution is 5.92. The van der Waals surface area contributed by atoms with E-state index >= 15 is 0 Å². The fraction of sp³-hybridized carbons (Fsp3) is 0.0417. The Morgan fingerprint density at radius 1 is 0.806 bits per heavy atom. The molecule has 5 aromatic rings. The molecule has 0 saturated carbocycles. The maximum Gasteiger partial charge on any atom is 0.160 e. The van der Waals surface area contributed by atoms with Gasteiger partial charge in [-0.15, -0.1) is 5.10 Å². The van der Waals surface area contributed by atoms with Crippen molar-refractivity contribution in [1.29, 1.82) is 0 Å². The first-order valence-electron chi connectivity index (χ1n) is 9.69. The lowest BCUT2D eigenvalue weighted by Gasteiger charge is -2.09. The Balaban J connectivity index is 1.63. The normalized spacial score (nSPS) is 11.1. The van der Waals surface area contributed by atoms with Crippen molar-refractivity contribution < 1.29 is 8.78 Å². The van der Waals surface area contributed by atoms with Crippen LogP contribution in [0.1, 0.15) is 5.69 Å². The third kappa shape index (κ3) is 3.61. The fourth-order valence-electron chi connectivity index (χ4n) is 3.49. The molecule has 0 radical (unpaired) electrons. The Hall–Kier alpha value is -4.13. The van der Waals surface area contributed by atoms with E-state index in [2.05, 4.69) is 15.4 Å². The van der Waals surface area contributed by atoms with Crippen molar-refractivity contribution in [1.82, 2.24) is 19.8 Å². The molecule has 0 amide bonds. The topological polar surface area (TPSA) is 55.1 Å². The molecule has 5 rings (SSSR count). The quantitative estimate of drug-likeness (QED) is 0.405. The third-order valence-corrected chi connectivity index (χ3v) is 4.93. The predicted octanol–water partition coefficient (Wildman–Crippen LogP) is 5.79. The molecule has 0 fully saturated rings. The van der Waals surface area contributed by atoms with E-state index in [0.717, 1.165) is 45.7 Å². The van der Waals surface area contributed by atoms with Gasteiger partial charge in [-0.2, -0.15) is 9.73 Å². The monoisotopic (exact) mass is 413 g/mol. The van der Waals surface area contributed by atoms with Gasteiger partial charge in [0.1, 0.15) is 11.5 Å². The first kappa shape index (κ1) is 18.9. The van der Waals surface area contributed by atoms with Crippen LogP contribution in [0.4, 0.5) is 20.3 Å². The van der Waals surface area contributed by atoms with Crippen molar-refractivity contribution in [3.8, 4) is 22.4 Å². The molecule has 31 heavy (non-hydrogen) atoms. The van der Waals surface area contributed by atoms with Crippen LogP contribution in [0.25, 0.3) is 27.9 Å². The zero-order chi connectivity index (χ0) is 21.4. The van der Waals surface area contributed by atoms with Gasteiger partial charge < -0.3 is 5.32 Å². The summed E-state index contributed by atoms with van der Waals surface area (Å²) in [4.78, 5) is 4.32. The lowest BCUT2D eigenvalue weighted by Crippen LogP contribution is -1.96. The van der Waals surface area contributed by atoms with E-state index in [1.54, 1.807) is 10.8 Å². The van der Waals surface area contributed by atoms with Gasteiger partial charge in [-0.05, 0) is 48.9 Å². The largest absolute Gasteiger partial charge is 0.340 e. The van der Waals surface area contributed by atoms with Gasteiger partial charge in [0.25, 0.3) is 0 Å². The summed E-state index contributed by atoms with van der Waals surface area (Å²) in [5.74, 6) is -1.31. The van der Waals surface area contributed by atoms with Crippen molar-refractivity contribution in [3.05, 3.63) is 96.3 Å². The van der Waals surface area contributed by atoms with E-state index in [4.69, 9.17) is 5.10 Å². The zero-order valence-corrected chi connectivity index (χ0v) is 16.6. The molecule has 2 aromatic carbocycles. The molecule has 0 unspecified atom stereocenters. The molecule has 0 aliphatic rings. The van der Waals surface area contributed by atoms with Crippen molar-refractivity contribution >= 4 is 17.0 Å². The summed E-state index contributed by atoms with van der Waals surface area (Å²) in [6.45, 7) is 1.92. The summed E-state index contributed by atoms with van der Waals surface area (Å²) in [7, 11) is 0. The van der Waals surface area contributed by atoms with E-state index in [0.29, 0.717) is 11.5 Å². The second-order valence-electron chi connectivity index (χ2n) is 7.12. The van der Waals surface area contributed by atoms with Crippen LogP contribution in [-0.2, 0) is 0 Å². The number of halogens is 2. The smallest absolute Gasteiger partial charge is 0.160 e. The average Bonchev–Trinajstić information content (AvgIpc) is 3.16. The van der Waals surface area contributed by atoms with Crippen molar-refractivity contribution in [2.45, 2.75) is 6.92 Å². The van der Waals surface area contributed by atoms with Crippen LogP contribution in [-0.4, -0.2) is 19.8 Å². The maximum absolute atomic E-state index is 13.6. The highest BCUT2D eigenvalue weighted by Gasteiger charge is 2.18. The Kier molecular flexibility index (Phi) is 4.63. The number of fused-ring (bicyclic) bond motifs is 1. The molecule has 0 aliphatic heterocycles. The van der Waals surface area contributed by atoms with Crippen LogP contribution >= 0.6 is 0 Å². The second-order valence-corrected chi connectivity index (χ2v) is 7.12. The van der Waals surface area contributed by atoms with Crippen LogP contribution < -0.4 is 5.32 Å². The van der Waals surface area contributed by atoms with E-state index in [9.17, 15) is 8.78 Å². The molecule has 3 aromatic heterocycles. The molecule has 1 N–H and O–H groups in total. The van der Waals surface area contributed by atoms with Gasteiger partial charge >= 0.3 is 0 Å². The van der Waals surface area contributed by atoms with Crippen LogP contribution in [0.5, 0.6) is 0 Å². The van der Waals surface area contributed by atoms with Gasteiger partial charge in [-0.25, -0.2) is 13.8 Å². The highest BCUT2D eigenvalue weighted by Crippen LogP contribution is 2.35. The number of aryl methyl sites for hydroxylation is 1. The standard InChI is InChI=1S/C24H17F2N5/c1-15-7-10-21-23(24(30-31(21)29-15)16-5-3-2-4-6-16)17-11-12-27-22(13-17)28-18-8-9-19(25)20(26)14-18/h2-14H,1H3,(H,27,28). The minimum absolute atomic E-state index is 0.406. The van der Waals surface area contributed by atoms with Gasteiger partial charge in [0.05, 0.1) is 11.2 Å². The van der Waals surface area contributed by atoms with Crippen molar-refractivity contribution in [2.75, 3.05) is 5.32 Å².